The molecule has 4 heteroatoms. The molecule has 0 saturated carbocycles. The fourth-order valence-electron chi connectivity index (χ4n) is 7.75. The summed E-state index contributed by atoms with van der Waals surface area (Å²) in [5, 5.41) is 2.37. The number of rotatable bonds is 7. The van der Waals surface area contributed by atoms with Gasteiger partial charge in [-0.05, 0) is 22.3 Å². The third-order valence-electron chi connectivity index (χ3n) is 10.1. The molecular formula is C47H33N2OP. The smallest absolute Gasteiger partial charge is 0.171 e. The Morgan fingerprint density at radius 2 is 0.863 bits per heavy atom. The lowest BCUT2D eigenvalue weighted by atomic mass is 9.69. The molecule has 8 aromatic rings. The Bertz CT molecular complexity index is 2440. The summed E-state index contributed by atoms with van der Waals surface area (Å²) in [5.41, 5.74) is 8.70. The Balaban J connectivity index is 1.31. The van der Waals surface area contributed by atoms with E-state index < -0.39 is 12.6 Å². The van der Waals surface area contributed by atoms with E-state index in [4.69, 9.17) is 9.97 Å². The summed E-state index contributed by atoms with van der Waals surface area (Å²) in [4.78, 5) is 10.9. The van der Waals surface area contributed by atoms with Crippen LogP contribution >= 0.6 is 7.14 Å². The van der Waals surface area contributed by atoms with Crippen LogP contribution in [0.25, 0.3) is 33.8 Å². The molecule has 0 bridgehead atoms. The summed E-state index contributed by atoms with van der Waals surface area (Å²) in [6.07, 6.45) is 0. The third kappa shape index (κ3) is 4.93. The Labute approximate surface area is 298 Å². The fraction of sp³-hybridized carbons (Fsp3) is 0.0213. The van der Waals surface area contributed by atoms with Crippen LogP contribution in [0.2, 0.25) is 0 Å². The van der Waals surface area contributed by atoms with E-state index in [1.54, 1.807) is 0 Å². The molecule has 0 saturated heterocycles. The average Bonchev–Trinajstić information content (AvgIpc) is 3.53. The molecule has 0 aliphatic heterocycles. The first kappa shape index (κ1) is 30.9. The predicted octanol–water partition coefficient (Wildman–Crippen LogP) is 9.81. The van der Waals surface area contributed by atoms with E-state index in [1.807, 2.05) is 91.0 Å². The molecule has 0 amide bonds. The number of hydrogen-bond donors (Lipinski definition) is 0. The van der Waals surface area contributed by atoms with Gasteiger partial charge in [0.1, 0.15) is 0 Å². The molecule has 242 valence electrons. The van der Waals surface area contributed by atoms with Crippen molar-refractivity contribution in [1.82, 2.24) is 9.97 Å². The Morgan fingerprint density at radius 1 is 0.412 bits per heavy atom. The summed E-state index contributed by atoms with van der Waals surface area (Å²) in [7, 11) is -3.14. The highest BCUT2D eigenvalue weighted by molar-refractivity contribution is 7.85. The molecule has 9 rings (SSSR count). The Hall–Kier alpha value is -6.15. The van der Waals surface area contributed by atoms with Crippen molar-refractivity contribution < 1.29 is 4.57 Å². The quantitative estimate of drug-likeness (QED) is 0.158. The van der Waals surface area contributed by atoms with Crippen molar-refractivity contribution in [3.63, 3.8) is 0 Å². The lowest BCUT2D eigenvalue weighted by molar-refractivity contribution is 0.592. The minimum absolute atomic E-state index is 0.623. The number of nitrogens with zero attached hydrogens (tertiary/aromatic N) is 2. The van der Waals surface area contributed by atoms with Crippen LogP contribution in [0.5, 0.6) is 0 Å². The monoisotopic (exact) mass is 672 g/mol. The summed E-state index contributed by atoms with van der Waals surface area (Å²) < 4.78 is 15.2. The van der Waals surface area contributed by atoms with Crippen LogP contribution in [-0.2, 0) is 9.98 Å². The summed E-state index contributed by atoms with van der Waals surface area (Å²) in [6.45, 7) is 0. The van der Waals surface area contributed by atoms with Crippen molar-refractivity contribution >= 4 is 23.1 Å². The van der Waals surface area contributed by atoms with Crippen molar-refractivity contribution in [2.24, 2.45) is 0 Å². The standard InChI is InChI=1S/C47H33N2OP/c50-51(38-24-12-4-13-25-38,39-26-14-5-15-27-39)40-32-30-35(31-33-40)46-48-44(34-18-6-1-7-19-34)43-41-28-16-17-29-42(41)47(45(43)49-46,36-20-8-2-9-21-36)37-22-10-3-11-23-37/h1-33H. The van der Waals surface area contributed by atoms with E-state index in [0.717, 1.165) is 60.7 Å². The normalized spacial score (nSPS) is 12.9. The number of hydrogen-bond acceptors (Lipinski definition) is 3. The minimum atomic E-state index is -3.14. The van der Waals surface area contributed by atoms with Crippen molar-refractivity contribution in [2.75, 3.05) is 0 Å². The van der Waals surface area contributed by atoms with Gasteiger partial charge in [0.05, 0.1) is 16.8 Å². The van der Waals surface area contributed by atoms with Crippen LogP contribution in [-0.4, -0.2) is 9.97 Å². The van der Waals surface area contributed by atoms with Gasteiger partial charge in [0.25, 0.3) is 0 Å². The second-order valence-electron chi connectivity index (χ2n) is 12.8. The predicted molar refractivity (Wildman–Crippen MR) is 210 cm³/mol. The fourth-order valence-corrected chi connectivity index (χ4v) is 10.4. The summed E-state index contributed by atoms with van der Waals surface area (Å²) >= 11 is 0. The highest BCUT2D eigenvalue weighted by Gasteiger charge is 2.49. The van der Waals surface area contributed by atoms with Crippen molar-refractivity contribution in [1.29, 1.82) is 0 Å². The zero-order chi connectivity index (χ0) is 34.3. The number of benzene rings is 7. The van der Waals surface area contributed by atoms with Gasteiger partial charge in [0.15, 0.2) is 13.0 Å². The van der Waals surface area contributed by atoms with E-state index >= 15 is 4.57 Å². The maximum Gasteiger partial charge on any atom is 0.171 e. The van der Waals surface area contributed by atoms with Gasteiger partial charge in [0.2, 0.25) is 0 Å². The maximum atomic E-state index is 15.2. The molecule has 0 radical (unpaired) electrons. The molecule has 1 heterocycles. The van der Waals surface area contributed by atoms with Crippen LogP contribution in [0.1, 0.15) is 22.4 Å². The van der Waals surface area contributed by atoms with Crippen LogP contribution in [0.3, 0.4) is 0 Å². The van der Waals surface area contributed by atoms with Crippen LogP contribution in [0.15, 0.2) is 200 Å². The SMILES string of the molecule is O=P(c1ccccc1)(c1ccccc1)c1ccc(-c2nc(-c3ccccc3)c3c(n2)C(c2ccccc2)(c2ccccc2)c2ccccc2-3)cc1. The third-order valence-corrected chi connectivity index (χ3v) is 13.1. The zero-order valence-electron chi connectivity index (χ0n) is 27.8. The molecule has 0 N–H and O–H groups in total. The van der Waals surface area contributed by atoms with Crippen molar-refractivity contribution in [2.45, 2.75) is 5.41 Å². The molecule has 7 aromatic carbocycles. The molecule has 1 aromatic heterocycles. The van der Waals surface area contributed by atoms with Gasteiger partial charge in [-0.25, -0.2) is 9.97 Å². The van der Waals surface area contributed by atoms with Crippen LogP contribution in [0, 0.1) is 0 Å². The Kier molecular flexibility index (Phi) is 7.64. The van der Waals surface area contributed by atoms with E-state index in [2.05, 4.69) is 109 Å². The lowest BCUT2D eigenvalue weighted by Crippen LogP contribution is -2.30. The molecule has 51 heavy (non-hydrogen) atoms. The van der Waals surface area contributed by atoms with Gasteiger partial charge >= 0.3 is 0 Å². The first-order valence-corrected chi connectivity index (χ1v) is 18.9. The minimum Gasteiger partial charge on any atom is -0.309 e. The summed E-state index contributed by atoms with van der Waals surface area (Å²) in [5.74, 6) is 0.623. The molecule has 1 aliphatic rings. The number of aromatic nitrogens is 2. The molecule has 0 unspecified atom stereocenters. The first-order chi connectivity index (χ1) is 25.2. The second kappa shape index (κ2) is 12.6. The molecular weight excluding hydrogens is 640 g/mol. The van der Waals surface area contributed by atoms with E-state index in [1.165, 1.54) is 5.56 Å². The summed E-state index contributed by atoms with van der Waals surface area (Å²) in [6, 6.07) is 68.1. The molecule has 0 atom stereocenters. The zero-order valence-corrected chi connectivity index (χ0v) is 28.7. The van der Waals surface area contributed by atoms with Crippen LogP contribution in [0.4, 0.5) is 0 Å². The van der Waals surface area contributed by atoms with Gasteiger partial charge in [-0.2, -0.15) is 0 Å². The first-order valence-electron chi connectivity index (χ1n) is 17.2. The molecule has 3 nitrogen and oxygen atoms in total. The topological polar surface area (TPSA) is 42.9 Å². The van der Waals surface area contributed by atoms with Gasteiger partial charge in [-0.3, -0.25) is 0 Å². The molecule has 1 aliphatic carbocycles. The van der Waals surface area contributed by atoms with E-state index in [9.17, 15) is 0 Å². The van der Waals surface area contributed by atoms with Crippen molar-refractivity contribution in [3.05, 3.63) is 223 Å². The van der Waals surface area contributed by atoms with E-state index in [-0.39, 0.29) is 0 Å². The van der Waals surface area contributed by atoms with Crippen LogP contribution < -0.4 is 15.9 Å². The maximum absolute atomic E-state index is 15.2. The van der Waals surface area contributed by atoms with Gasteiger partial charge < -0.3 is 4.57 Å². The molecule has 0 spiro atoms. The highest BCUT2D eigenvalue weighted by Crippen LogP contribution is 2.57. The number of fused-ring (bicyclic) bond motifs is 3. The van der Waals surface area contributed by atoms with Gasteiger partial charge in [-0.1, -0.05) is 200 Å². The second-order valence-corrected chi connectivity index (χ2v) is 15.6. The van der Waals surface area contributed by atoms with Crippen molar-refractivity contribution in [3.8, 4) is 33.8 Å². The Morgan fingerprint density at radius 3 is 1.41 bits per heavy atom. The average molecular weight is 673 g/mol. The largest absolute Gasteiger partial charge is 0.309 e. The van der Waals surface area contributed by atoms with Gasteiger partial charge in [-0.15, -0.1) is 0 Å². The highest BCUT2D eigenvalue weighted by atomic mass is 31.2. The lowest BCUT2D eigenvalue weighted by Gasteiger charge is -2.33. The molecule has 0 fully saturated rings. The van der Waals surface area contributed by atoms with Gasteiger partial charge in [0, 0.05) is 32.6 Å². The van der Waals surface area contributed by atoms with E-state index in [0.29, 0.717) is 5.82 Å².